The monoisotopic (exact) mass is 795 g/mol. The van der Waals surface area contributed by atoms with Crippen LogP contribution in [0.2, 0.25) is 0 Å². The zero-order valence-electron chi connectivity index (χ0n) is 35.1. The molecule has 0 bridgehead atoms. The van der Waals surface area contributed by atoms with Gasteiger partial charge in [0, 0.05) is 17.6 Å². The van der Waals surface area contributed by atoms with E-state index in [1.165, 1.54) is 88.7 Å². The third-order valence-corrected chi connectivity index (χ3v) is 13.5. The summed E-state index contributed by atoms with van der Waals surface area (Å²) in [6.07, 6.45) is 26.5. The Morgan fingerprint density at radius 1 is 0.581 bits per heavy atom. The number of para-hydroxylation sites is 1. The standard InChI is InChI=1S/C61H49N/c1-42-16-8-13-29-58(42)61(52-32-34-54(35-33-52)62-53-26-6-3-7-27-53)59-41-51(31-36-56(59)57-37-30-44-19-11-12-28-55(44)60(57)61)50-25-15-24-49(40-50)48-23-14-22-47(39-48)46-21-10-9-20-45(38-46)43-17-4-2-5-18-43/h2-7,9-15,17-34,36-41,45,54,62H,8,16,35H2,1H3. The van der Waals surface area contributed by atoms with Crippen LogP contribution in [0.5, 0.6) is 0 Å². The van der Waals surface area contributed by atoms with E-state index in [9.17, 15) is 0 Å². The summed E-state index contributed by atoms with van der Waals surface area (Å²) in [6, 6.07) is 60.8. The first kappa shape index (κ1) is 37.8. The van der Waals surface area contributed by atoms with Crippen molar-refractivity contribution in [2.45, 2.75) is 43.6 Å². The van der Waals surface area contributed by atoms with Crippen molar-refractivity contribution in [1.82, 2.24) is 0 Å². The summed E-state index contributed by atoms with van der Waals surface area (Å²) in [6.45, 7) is 2.37. The van der Waals surface area contributed by atoms with Gasteiger partial charge in [0.2, 0.25) is 0 Å². The molecule has 11 rings (SSSR count). The molecule has 3 unspecified atom stereocenters. The Morgan fingerprint density at radius 2 is 1.29 bits per heavy atom. The van der Waals surface area contributed by atoms with E-state index in [1.54, 1.807) is 0 Å². The third-order valence-electron chi connectivity index (χ3n) is 13.5. The molecule has 4 aliphatic rings. The summed E-state index contributed by atoms with van der Waals surface area (Å²) in [5.74, 6) is 0.222. The lowest BCUT2D eigenvalue weighted by atomic mass is 9.62. The Kier molecular flexibility index (Phi) is 9.74. The van der Waals surface area contributed by atoms with Crippen molar-refractivity contribution >= 4 is 22.0 Å². The minimum atomic E-state index is -0.477. The number of rotatable bonds is 8. The van der Waals surface area contributed by atoms with E-state index in [0.717, 1.165) is 24.9 Å². The predicted molar refractivity (Wildman–Crippen MR) is 263 cm³/mol. The van der Waals surface area contributed by atoms with Gasteiger partial charge in [-0.2, -0.15) is 0 Å². The van der Waals surface area contributed by atoms with Crippen LogP contribution in [0.25, 0.3) is 49.7 Å². The Morgan fingerprint density at radius 3 is 2.06 bits per heavy atom. The van der Waals surface area contributed by atoms with Crippen LogP contribution in [0.4, 0.5) is 5.69 Å². The van der Waals surface area contributed by atoms with E-state index >= 15 is 0 Å². The molecule has 62 heavy (non-hydrogen) atoms. The van der Waals surface area contributed by atoms with Crippen molar-refractivity contribution < 1.29 is 0 Å². The highest BCUT2D eigenvalue weighted by atomic mass is 14.9. The van der Waals surface area contributed by atoms with Crippen molar-refractivity contribution in [2.75, 3.05) is 5.32 Å². The lowest BCUT2D eigenvalue weighted by Crippen LogP contribution is -2.33. The fourth-order valence-corrected chi connectivity index (χ4v) is 10.5. The smallest absolute Gasteiger partial charge is 0.0715 e. The molecule has 4 aliphatic carbocycles. The van der Waals surface area contributed by atoms with Crippen LogP contribution >= 0.6 is 0 Å². The lowest BCUT2D eigenvalue weighted by Gasteiger charge is -2.40. The largest absolute Gasteiger partial charge is 0.379 e. The van der Waals surface area contributed by atoms with Crippen molar-refractivity contribution in [3.05, 3.63) is 264 Å². The molecule has 0 saturated carbocycles. The second-order valence-corrected chi connectivity index (χ2v) is 17.2. The van der Waals surface area contributed by atoms with Gasteiger partial charge in [0.15, 0.2) is 0 Å². The first-order chi connectivity index (χ1) is 30.6. The van der Waals surface area contributed by atoms with Gasteiger partial charge in [-0.25, -0.2) is 0 Å². The summed E-state index contributed by atoms with van der Waals surface area (Å²) < 4.78 is 0. The van der Waals surface area contributed by atoms with E-state index in [2.05, 4.69) is 237 Å². The highest BCUT2D eigenvalue weighted by Gasteiger charge is 2.49. The molecule has 0 fully saturated rings. The van der Waals surface area contributed by atoms with E-state index in [4.69, 9.17) is 0 Å². The Balaban J connectivity index is 1.03. The van der Waals surface area contributed by atoms with Crippen LogP contribution in [0.1, 0.15) is 54.4 Å². The number of nitrogens with one attached hydrogen (secondary N) is 1. The number of hydrogen-bond acceptors (Lipinski definition) is 1. The second kappa shape index (κ2) is 16.0. The SMILES string of the molecule is CC1=C(C2(C3=CCC(Nc4ccccc4)C=C3)c3cc(-c4cccc(-c5cccc(C6=CC(c7ccccc7)C=CC=C6)c5)c4)ccc3-c3ccc4ccccc4c32)C=CCC1. The summed E-state index contributed by atoms with van der Waals surface area (Å²) in [7, 11) is 0. The normalized spacial score (nSPS) is 20.1. The number of allylic oxidation sites excluding steroid dienone is 12. The van der Waals surface area contributed by atoms with E-state index in [-0.39, 0.29) is 12.0 Å². The Bertz CT molecular complexity index is 3080. The third kappa shape index (κ3) is 6.66. The van der Waals surface area contributed by atoms with Crippen molar-refractivity contribution in [1.29, 1.82) is 0 Å². The van der Waals surface area contributed by atoms with Crippen LogP contribution < -0.4 is 5.32 Å². The topological polar surface area (TPSA) is 12.0 Å². The van der Waals surface area contributed by atoms with Gasteiger partial charge in [0.1, 0.15) is 0 Å². The van der Waals surface area contributed by atoms with Crippen LogP contribution in [-0.4, -0.2) is 6.04 Å². The van der Waals surface area contributed by atoms with Gasteiger partial charge in [0.05, 0.1) is 5.41 Å². The maximum Gasteiger partial charge on any atom is 0.0715 e. The number of fused-ring (bicyclic) bond motifs is 5. The number of benzene rings is 7. The van der Waals surface area contributed by atoms with Crippen molar-refractivity contribution in [3.8, 4) is 33.4 Å². The van der Waals surface area contributed by atoms with E-state index in [1.807, 2.05) is 0 Å². The molecule has 0 amide bonds. The van der Waals surface area contributed by atoms with Crippen LogP contribution in [-0.2, 0) is 5.41 Å². The zero-order valence-corrected chi connectivity index (χ0v) is 35.1. The number of hydrogen-bond donors (Lipinski definition) is 1. The van der Waals surface area contributed by atoms with Crippen LogP contribution in [0, 0.1) is 0 Å². The molecule has 7 aromatic carbocycles. The Hall–Kier alpha value is -7.22. The van der Waals surface area contributed by atoms with Gasteiger partial charge >= 0.3 is 0 Å². The molecule has 298 valence electrons. The maximum atomic E-state index is 3.78. The summed E-state index contributed by atoms with van der Waals surface area (Å²) >= 11 is 0. The minimum absolute atomic E-state index is 0.215. The summed E-state index contributed by atoms with van der Waals surface area (Å²) in [5, 5.41) is 6.38. The fraction of sp³-hybridized carbons (Fsp3) is 0.115. The molecular weight excluding hydrogens is 747 g/mol. The molecule has 0 radical (unpaired) electrons. The zero-order chi connectivity index (χ0) is 41.5. The molecule has 3 atom stereocenters. The number of anilines is 1. The van der Waals surface area contributed by atoms with Gasteiger partial charge in [0.25, 0.3) is 0 Å². The first-order valence-corrected chi connectivity index (χ1v) is 22.2. The molecule has 1 heteroatoms. The highest BCUT2D eigenvalue weighted by molar-refractivity contribution is 6.01. The minimum Gasteiger partial charge on any atom is -0.379 e. The van der Waals surface area contributed by atoms with E-state index in [0.29, 0.717) is 0 Å². The molecular formula is C61H49N. The van der Waals surface area contributed by atoms with E-state index < -0.39 is 5.41 Å². The fourth-order valence-electron chi connectivity index (χ4n) is 10.5. The molecule has 1 N–H and O–H groups in total. The summed E-state index contributed by atoms with van der Waals surface area (Å²) in [4.78, 5) is 0. The molecule has 0 aliphatic heterocycles. The average molecular weight is 796 g/mol. The molecule has 1 nitrogen and oxygen atoms in total. The van der Waals surface area contributed by atoms with Crippen molar-refractivity contribution in [2.24, 2.45) is 0 Å². The predicted octanol–water partition coefficient (Wildman–Crippen LogP) is 15.8. The second-order valence-electron chi connectivity index (χ2n) is 17.2. The van der Waals surface area contributed by atoms with Gasteiger partial charge in [-0.05, 0) is 140 Å². The van der Waals surface area contributed by atoms with Crippen LogP contribution in [0.15, 0.2) is 241 Å². The molecule has 0 aromatic heterocycles. The molecule has 0 spiro atoms. The quantitative estimate of drug-likeness (QED) is 0.162. The summed E-state index contributed by atoms with van der Waals surface area (Å²) in [5.41, 5.74) is 19.0. The molecule has 7 aromatic rings. The lowest BCUT2D eigenvalue weighted by molar-refractivity contribution is 0.720. The molecule has 0 saturated heterocycles. The van der Waals surface area contributed by atoms with Crippen LogP contribution in [0.3, 0.4) is 0 Å². The maximum absolute atomic E-state index is 3.78. The Labute approximate surface area is 366 Å². The van der Waals surface area contributed by atoms with Gasteiger partial charge in [-0.15, -0.1) is 0 Å². The van der Waals surface area contributed by atoms with Gasteiger partial charge < -0.3 is 5.32 Å². The first-order valence-electron chi connectivity index (χ1n) is 22.2. The average Bonchev–Trinajstić information content (AvgIpc) is 3.43. The molecule has 0 heterocycles. The van der Waals surface area contributed by atoms with Gasteiger partial charge in [-0.3, -0.25) is 0 Å². The van der Waals surface area contributed by atoms with Gasteiger partial charge in [-0.1, -0.05) is 200 Å². The highest BCUT2D eigenvalue weighted by Crippen LogP contribution is 2.61. The van der Waals surface area contributed by atoms with Crippen molar-refractivity contribution in [3.63, 3.8) is 0 Å².